The highest BCUT2D eigenvalue weighted by molar-refractivity contribution is 7.92. The normalized spacial score (nSPS) is 11.8. The van der Waals surface area contributed by atoms with Crippen LogP contribution in [0.25, 0.3) is 5.69 Å². The Morgan fingerprint density at radius 1 is 1.06 bits per heavy atom. The van der Waals surface area contributed by atoms with Crippen LogP contribution in [0.4, 0.5) is 23.2 Å². The maximum absolute atomic E-state index is 14.2. The van der Waals surface area contributed by atoms with Gasteiger partial charge in [-0.3, -0.25) is 4.72 Å². The summed E-state index contributed by atoms with van der Waals surface area (Å²) in [5.74, 6) is -2.58. The summed E-state index contributed by atoms with van der Waals surface area (Å²) in [6.45, 7) is 0. The highest BCUT2D eigenvalue weighted by atomic mass is 32.2. The number of hydrogen-bond acceptors (Lipinski definition) is 5. The van der Waals surface area contributed by atoms with E-state index in [0.29, 0.717) is 12.1 Å². The number of carbonyl (C=O) groups excluding carboxylic acids is 1. The molecule has 2 aromatic carbocycles. The topological polar surface area (TPSA) is 86.6 Å². The first-order valence-electron chi connectivity index (χ1n) is 8.81. The van der Waals surface area contributed by atoms with Crippen molar-refractivity contribution in [3.05, 3.63) is 71.8 Å². The van der Waals surface area contributed by atoms with Gasteiger partial charge in [0.25, 0.3) is 10.0 Å². The summed E-state index contributed by atoms with van der Waals surface area (Å²) >= 11 is 0. The van der Waals surface area contributed by atoms with Crippen LogP contribution in [0.3, 0.4) is 0 Å². The quantitative estimate of drug-likeness (QED) is 0.429. The third kappa shape index (κ3) is 4.54. The number of sulfonamides is 1. The first kappa shape index (κ1) is 23.1. The van der Waals surface area contributed by atoms with E-state index >= 15 is 0 Å². The number of anilines is 1. The van der Waals surface area contributed by atoms with Crippen LogP contribution in [0.5, 0.6) is 5.75 Å². The van der Waals surface area contributed by atoms with Crippen LogP contribution >= 0.6 is 0 Å². The molecule has 0 radical (unpaired) electrons. The Labute approximate surface area is 180 Å². The SMILES string of the molecule is COC(=O)c1ccc(OC)c(S(=O)(=O)Nc2cc(C(F)(F)F)c(F)cc2-n2cccc2)c1. The average Bonchev–Trinajstić information content (AvgIpc) is 3.27. The number of carbonyl (C=O) groups is 1. The largest absolute Gasteiger partial charge is 0.495 e. The van der Waals surface area contributed by atoms with Gasteiger partial charge in [0.2, 0.25) is 0 Å². The van der Waals surface area contributed by atoms with Crippen molar-refractivity contribution in [1.82, 2.24) is 4.57 Å². The van der Waals surface area contributed by atoms with Gasteiger partial charge in [-0.15, -0.1) is 0 Å². The summed E-state index contributed by atoms with van der Waals surface area (Å²) in [6.07, 6.45) is -2.27. The third-order valence-corrected chi connectivity index (χ3v) is 5.78. The second kappa shape index (κ2) is 8.54. The molecule has 0 amide bonds. The molecular formula is C20H16F4N2O5S. The van der Waals surface area contributed by atoms with Gasteiger partial charge in [0, 0.05) is 18.5 Å². The molecule has 0 atom stereocenters. The Balaban J connectivity index is 2.18. The fourth-order valence-corrected chi connectivity index (χ4v) is 4.16. The van der Waals surface area contributed by atoms with Gasteiger partial charge in [0.1, 0.15) is 16.5 Å². The van der Waals surface area contributed by atoms with Crippen molar-refractivity contribution in [2.24, 2.45) is 0 Å². The van der Waals surface area contributed by atoms with E-state index < -0.39 is 44.1 Å². The Morgan fingerprint density at radius 3 is 2.28 bits per heavy atom. The molecule has 12 heteroatoms. The number of methoxy groups -OCH3 is 2. The van der Waals surface area contributed by atoms with Gasteiger partial charge >= 0.3 is 12.1 Å². The van der Waals surface area contributed by atoms with Gasteiger partial charge in [-0.2, -0.15) is 13.2 Å². The van der Waals surface area contributed by atoms with E-state index in [4.69, 9.17) is 4.74 Å². The first-order chi connectivity index (χ1) is 15.0. The standard InChI is InChI=1S/C20H16F4N2O5S/c1-30-17-6-5-12(19(27)31-2)9-18(17)32(28,29)25-15-10-13(20(22,23)24)14(21)11-16(15)26-7-3-4-8-26/h3-11,25H,1-2H3. The van der Waals surface area contributed by atoms with E-state index in [2.05, 4.69) is 4.74 Å². The molecule has 0 saturated heterocycles. The van der Waals surface area contributed by atoms with Crippen molar-refractivity contribution in [2.75, 3.05) is 18.9 Å². The molecule has 1 heterocycles. The predicted octanol–water partition coefficient (Wildman–Crippen LogP) is 4.23. The number of esters is 1. The maximum Gasteiger partial charge on any atom is 0.419 e. The van der Waals surface area contributed by atoms with E-state index in [9.17, 15) is 30.8 Å². The lowest BCUT2D eigenvalue weighted by Crippen LogP contribution is -2.18. The monoisotopic (exact) mass is 472 g/mol. The van der Waals surface area contributed by atoms with E-state index in [0.717, 1.165) is 13.2 Å². The molecule has 32 heavy (non-hydrogen) atoms. The molecule has 3 rings (SSSR count). The molecule has 1 N–H and O–H groups in total. The molecule has 0 fully saturated rings. The smallest absolute Gasteiger partial charge is 0.419 e. The minimum atomic E-state index is -5.07. The molecule has 0 spiro atoms. The lowest BCUT2D eigenvalue weighted by Gasteiger charge is -2.18. The van der Waals surface area contributed by atoms with Crippen molar-refractivity contribution in [1.29, 1.82) is 0 Å². The minimum Gasteiger partial charge on any atom is -0.495 e. The lowest BCUT2D eigenvalue weighted by molar-refractivity contribution is -0.139. The summed E-state index contributed by atoms with van der Waals surface area (Å²) in [5, 5.41) is 0. The van der Waals surface area contributed by atoms with Gasteiger partial charge in [0.15, 0.2) is 0 Å². The Hall–Kier alpha value is -3.54. The zero-order valence-corrected chi connectivity index (χ0v) is 17.4. The molecule has 1 aromatic heterocycles. The van der Waals surface area contributed by atoms with Crippen molar-refractivity contribution in [3.8, 4) is 11.4 Å². The highest BCUT2D eigenvalue weighted by Crippen LogP contribution is 2.37. The van der Waals surface area contributed by atoms with E-state index in [1.165, 1.54) is 48.3 Å². The van der Waals surface area contributed by atoms with E-state index in [-0.39, 0.29) is 17.0 Å². The fraction of sp³-hybridized carbons (Fsp3) is 0.150. The van der Waals surface area contributed by atoms with Gasteiger partial charge in [-0.25, -0.2) is 17.6 Å². The number of aromatic nitrogens is 1. The number of nitrogens with one attached hydrogen (secondary N) is 1. The van der Waals surface area contributed by atoms with E-state index in [1.54, 1.807) is 0 Å². The van der Waals surface area contributed by atoms with Crippen LogP contribution in [0.1, 0.15) is 15.9 Å². The van der Waals surface area contributed by atoms with Crippen LogP contribution in [0.15, 0.2) is 59.8 Å². The van der Waals surface area contributed by atoms with Crippen molar-refractivity contribution in [3.63, 3.8) is 0 Å². The number of hydrogen-bond donors (Lipinski definition) is 1. The highest BCUT2D eigenvalue weighted by Gasteiger charge is 2.36. The van der Waals surface area contributed by atoms with Crippen LogP contribution in [0, 0.1) is 5.82 Å². The zero-order chi connectivity index (χ0) is 23.7. The summed E-state index contributed by atoms with van der Waals surface area (Å²) in [4.78, 5) is 11.3. The minimum absolute atomic E-state index is 0.130. The number of halogens is 4. The zero-order valence-electron chi connectivity index (χ0n) is 16.6. The second-order valence-corrected chi connectivity index (χ2v) is 8.05. The molecule has 0 aliphatic carbocycles. The number of rotatable bonds is 6. The van der Waals surface area contributed by atoms with Crippen LogP contribution in [0.2, 0.25) is 0 Å². The summed E-state index contributed by atoms with van der Waals surface area (Å²) < 4.78 is 93.0. The fourth-order valence-electron chi connectivity index (χ4n) is 2.90. The first-order valence-corrected chi connectivity index (χ1v) is 10.3. The second-order valence-electron chi connectivity index (χ2n) is 6.40. The summed E-state index contributed by atoms with van der Waals surface area (Å²) in [7, 11) is -2.32. The number of alkyl halides is 3. The average molecular weight is 472 g/mol. The Bertz CT molecular complexity index is 1260. The molecule has 0 bridgehead atoms. The van der Waals surface area contributed by atoms with Crippen LogP contribution in [-0.2, 0) is 20.9 Å². The molecule has 7 nitrogen and oxygen atoms in total. The van der Waals surface area contributed by atoms with Gasteiger partial charge < -0.3 is 14.0 Å². The third-order valence-electron chi connectivity index (χ3n) is 4.39. The van der Waals surface area contributed by atoms with Gasteiger partial charge in [-0.1, -0.05) is 0 Å². The van der Waals surface area contributed by atoms with Gasteiger partial charge in [-0.05, 0) is 36.4 Å². The Kier molecular flexibility index (Phi) is 6.17. The van der Waals surface area contributed by atoms with E-state index in [1.807, 2.05) is 4.72 Å². The van der Waals surface area contributed by atoms with Crippen LogP contribution in [-0.4, -0.2) is 33.2 Å². The molecule has 170 valence electrons. The molecular weight excluding hydrogens is 456 g/mol. The Morgan fingerprint density at radius 2 is 1.72 bits per heavy atom. The van der Waals surface area contributed by atoms with Crippen LogP contribution < -0.4 is 9.46 Å². The molecule has 0 aliphatic heterocycles. The van der Waals surface area contributed by atoms with Crippen molar-refractivity contribution >= 4 is 21.7 Å². The van der Waals surface area contributed by atoms with Crippen molar-refractivity contribution < 1.29 is 40.2 Å². The molecule has 0 saturated carbocycles. The van der Waals surface area contributed by atoms with Crippen molar-refractivity contribution in [2.45, 2.75) is 11.1 Å². The number of benzene rings is 2. The lowest BCUT2D eigenvalue weighted by atomic mass is 10.1. The predicted molar refractivity (Wildman–Crippen MR) is 106 cm³/mol. The summed E-state index contributed by atoms with van der Waals surface area (Å²) in [6, 6.07) is 7.39. The molecule has 0 aliphatic rings. The van der Waals surface area contributed by atoms with Gasteiger partial charge in [0.05, 0.1) is 36.7 Å². The summed E-state index contributed by atoms with van der Waals surface area (Å²) in [5.41, 5.74) is -2.51. The number of ether oxygens (including phenoxy) is 2. The molecule has 3 aromatic rings. The molecule has 0 unspecified atom stereocenters. The number of nitrogens with zero attached hydrogens (tertiary/aromatic N) is 1. The maximum atomic E-state index is 14.2.